The topological polar surface area (TPSA) is 117 Å². The average Bonchev–Trinajstić information content (AvgIpc) is 3.48. The predicted molar refractivity (Wildman–Crippen MR) is 98.7 cm³/mol. The lowest BCUT2D eigenvalue weighted by molar-refractivity contribution is -0.117. The van der Waals surface area contributed by atoms with E-state index in [-0.39, 0.29) is 16.6 Å². The molecule has 27 heavy (non-hydrogen) atoms. The second kappa shape index (κ2) is 8.11. The molecule has 1 fully saturated rings. The van der Waals surface area contributed by atoms with Gasteiger partial charge in [-0.15, -0.1) is 0 Å². The number of hydrazine groups is 1. The van der Waals surface area contributed by atoms with Crippen LogP contribution in [0.4, 0.5) is 0 Å². The van der Waals surface area contributed by atoms with Crippen molar-refractivity contribution in [3.8, 4) is 0 Å². The Bertz CT molecular complexity index is 953. The molecule has 0 radical (unpaired) electrons. The maximum Gasteiger partial charge on any atom is 0.288 e. The van der Waals surface area contributed by atoms with E-state index in [9.17, 15) is 18.0 Å². The van der Waals surface area contributed by atoms with Gasteiger partial charge in [-0.1, -0.05) is 18.2 Å². The normalized spacial score (nSPS) is 14.1. The summed E-state index contributed by atoms with van der Waals surface area (Å²) in [6.45, 7) is 0. The summed E-state index contributed by atoms with van der Waals surface area (Å²) in [5, 5.41) is 0. The molecule has 140 valence electrons. The number of nitrogens with zero attached hydrogens (tertiary/aromatic N) is 1. The number of rotatable bonds is 6. The summed E-state index contributed by atoms with van der Waals surface area (Å²) in [5.41, 5.74) is 5.32. The predicted octanol–water partition coefficient (Wildman–Crippen LogP) is 0.997. The van der Waals surface area contributed by atoms with Crippen molar-refractivity contribution < 1.29 is 18.0 Å². The fourth-order valence-electron chi connectivity index (χ4n) is 2.14. The molecular formula is C18H18N4O4S. The molecule has 1 saturated carbocycles. The van der Waals surface area contributed by atoms with Gasteiger partial charge in [0.25, 0.3) is 11.8 Å². The molecule has 1 aromatic carbocycles. The summed E-state index contributed by atoms with van der Waals surface area (Å²) in [7, 11) is -3.50. The van der Waals surface area contributed by atoms with E-state index in [0.29, 0.717) is 5.56 Å². The van der Waals surface area contributed by atoms with E-state index in [1.807, 2.05) is 0 Å². The third-order valence-corrected chi connectivity index (χ3v) is 5.25. The van der Waals surface area contributed by atoms with Gasteiger partial charge in [-0.3, -0.25) is 25.4 Å². The van der Waals surface area contributed by atoms with Gasteiger partial charge in [-0.2, -0.15) is 0 Å². The lowest BCUT2D eigenvalue weighted by Crippen LogP contribution is -2.41. The molecule has 1 heterocycles. The molecule has 3 N–H and O–H groups in total. The molecule has 1 aromatic heterocycles. The quantitative estimate of drug-likeness (QED) is 0.506. The first kappa shape index (κ1) is 18.7. The van der Waals surface area contributed by atoms with Gasteiger partial charge in [0, 0.05) is 18.3 Å². The maximum absolute atomic E-state index is 12.1. The van der Waals surface area contributed by atoms with Crippen LogP contribution in [0.1, 0.15) is 28.9 Å². The standard InChI is InChI=1S/C18H18N4O4S/c23-17(20-21-18(24)16-3-1-2-12-19-16)11-6-13-4-9-15(10-5-13)27(25,26)22-14-7-8-14/h1-6,9-12,14,22H,7-8H2,(H,20,23)(H,21,24)/b11-6+. The lowest BCUT2D eigenvalue weighted by Gasteiger charge is -2.05. The lowest BCUT2D eigenvalue weighted by atomic mass is 10.2. The number of carbonyl (C=O) groups is 2. The van der Waals surface area contributed by atoms with Crippen molar-refractivity contribution >= 4 is 27.9 Å². The summed E-state index contributed by atoms with van der Waals surface area (Å²) >= 11 is 0. The van der Waals surface area contributed by atoms with Crippen LogP contribution in [0.15, 0.2) is 59.6 Å². The van der Waals surface area contributed by atoms with Gasteiger partial charge in [0.05, 0.1) is 4.90 Å². The van der Waals surface area contributed by atoms with E-state index in [0.717, 1.165) is 12.8 Å². The van der Waals surface area contributed by atoms with Gasteiger partial charge in [0.15, 0.2) is 0 Å². The van der Waals surface area contributed by atoms with Crippen molar-refractivity contribution in [2.75, 3.05) is 0 Å². The first-order chi connectivity index (χ1) is 12.9. The number of hydrogen-bond acceptors (Lipinski definition) is 5. The van der Waals surface area contributed by atoms with Crippen molar-refractivity contribution in [3.63, 3.8) is 0 Å². The van der Waals surface area contributed by atoms with Gasteiger partial charge < -0.3 is 0 Å². The Hall–Kier alpha value is -3.04. The minimum atomic E-state index is -3.50. The number of aromatic nitrogens is 1. The second-order valence-corrected chi connectivity index (χ2v) is 7.67. The molecule has 0 bridgehead atoms. The van der Waals surface area contributed by atoms with Crippen LogP contribution in [0.25, 0.3) is 6.08 Å². The number of sulfonamides is 1. The largest absolute Gasteiger partial charge is 0.288 e. The van der Waals surface area contributed by atoms with E-state index >= 15 is 0 Å². The number of carbonyl (C=O) groups excluding carboxylic acids is 2. The smallest absolute Gasteiger partial charge is 0.268 e. The Balaban J connectivity index is 1.52. The van der Waals surface area contributed by atoms with Crippen molar-refractivity contribution in [1.82, 2.24) is 20.6 Å². The number of nitrogens with one attached hydrogen (secondary N) is 3. The second-order valence-electron chi connectivity index (χ2n) is 5.96. The van der Waals surface area contributed by atoms with Crippen LogP contribution in [0.3, 0.4) is 0 Å². The van der Waals surface area contributed by atoms with Crippen molar-refractivity contribution in [1.29, 1.82) is 0 Å². The molecule has 2 amide bonds. The summed E-state index contributed by atoms with van der Waals surface area (Å²) < 4.78 is 26.8. The maximum atomic E-state index is 12.1. The third kappa shape index (κ3) is 5.47. The molecule has 2 aromatic rings. The number of pyridine rings is 1. The fraction of sp³-hybridized carbons (Fsp3) is 0.167. The molecule has 0 aliphatic heterocycles. The zero-order valence-electron chi connectivity index (χ0n) is 14.3. The highest BCUT2D eigenvalue weighted by Gasteiger charge is 2.27. The number of benzene rings is 1. The minimum Gasteiger partial charge on any atom is -0.268 e. The zero-order valence-corrected chi connectivity index (χ0v) is 15.1. The van der Waals surface area contributed by atoms with Crippen LogP contribution in [-0.4, -0.2) is 31.3 Å². The molecule has 0 spiro atoms. The zero-order chi connectivity index (χ0) is 19.3. The Morgan fingerprint density at radius 1 is 1.04 bits per heavy atom. The summed E-state index contributed by atoms with van der Waals surface area (Å²) in [6, 6.07) is 11.0. The highest BCUT2D eigenvalue weighted by Crippen LogP contribution is 2.22. The molecule has 8 nitrogen and oxygen atoms in total. The molecule has 1 aliphatic rings. The minimum absolute atomic E-state index is 0.0413. The van der Waals surface area contributed by atoms with Crippen molar-refractivity contribution in [3.05, 3.63) is 66.0 Å². The first-order valence-corrected chi connectivity index (χ1v) is 9.74. The molecule has 3 rings (SSSR count). The Labute approximate surface area is 156 Å². The molecular weight excluding hydrogens is 368 g/mol. The van der Waals surface area contributed by atoms with Gasteiger partial charge >= 0.3 is 0 Å². The van der Waals surface area contributed by atoms with Crippen molar-refractivity contribution in [2.24, 2.45) is 0 Å². The Morgan fingerprint density at radius 2 is 1.78 bits per heavy atom. The monoisotopic (exact) mass is 386 g/mol. The van der Waals surface area contributed by atoms with Crippen LogP contribution >= 0.6 is 0 Å². The highest BCUT2D eigenvalue weighted by atomic mass is 32.2. The molecule has 0 unspecified atom stereocenters. The van der Waals surface area contributed by atoms with Crippen LogP contribution < -0.4 is 15.6 Å². The summed E-state index contributed by atoms with van der Waals surface area (Å²) in [5.74, 6) is -1.07. The van der Waals surface area contributed by atoms with E-state index in [1.165, 1.54) is 36.5 Å². The fourth-order valence-corrected chi connectivity index (χ4v) is 3.44. The molecule has 1 aliphatic carbocycles. The molecule has 9 heteroatoms. The van der Waals surface area contributed by atoms with Gasteiger partial charge in [-0.25, -0.2) is 13.1 Å². The summed E-state index contributed by atoms with van der Waals surface area (Å²) in [6.07, 6.45) is 5.94. The van der Waals surface area contributed by atoms with E-state index in [2.05, 4.69) is 20.6 Å². The van der Waals surface area contributed by atoms with Crippen LogP contribution in [0.2, 0.25) is 0 Å². The van der Waals surface area contributed by atoms with E-state index in [4.69, 9.17) is 0 Å². The Morgan fingerprint density at radius 3 is 2.41 bits per heavy atom. The third-order valence-electron chi connectivity index (χ3n) is 3.71. The van der Waals surface area contributed by atoms with Gasteiger partial charge in [0.1, 0.15) is 5.69 Å². The molecule has 0 atom stereocenters. The van der Waals surface area contributed by atoms with Crippen LogP contribution in [0, 0.1) is 0 Å². The van der Waals surface area contributed by atoms with E-state index < -0.39 is 21.8 Å². The number of amides is 2. The molecule has 0 saturated heterocycles. The highest BCUT2D eigenvalue weighted by molar-refractivity contribution is 7.89. The van der Waals surface area contributed by atoms with Gasteiger partial charge in [-0.05, 0) is 48.7 Å². The van der Waals surface area contributed by atoms with Crippen molar-refractivity contribution in [2.45, 2.75) is 23.8 Å². The number of hydrogen-bond donors (Lipinski definition) is 3. The summed E-state index contributed by atoms with van der Waals surface area (Å²) in [4.78, 5) is 27.6. The van der Waals surface area contributed by atoms with Gasteiger partial charge in [0.2, 0.25) is 10.0 Å². The SMILES string of the molecule is O=C(/C=C/c1ccc(S(=O)(=O)NC2CC2)cc1)NNC(=O)c1ccccn1. The average molecular weight is 386 g/mol. The van der Waals surface area contributed by atoms with Crippen LogP contribution in [-0.2, 0) is 14.8 Å². The Kier molecular flexibility index (Phi) is 5.63. The van der Waals surface area contributed by atoms with E-state index in [1.54, 1.807) is 24.3 Å². The van der Waals surface area contributed by atoms with Crippen LogP contribution in [0.5, 0.6) is 0 Å². The first-order valence-electron chi connectivity index (χ1n) is 8.26.